The van der Waals surface area contributed by atoms with Gasteiger partial charge in [-0.1, -0.05) is 75.1 Å². The fourth-order valence-electron chi connectivity index (χ4n) is 5.19. The van der Waals surface area contributed by atoms with Crippen LogP contribution in [-0.4, -0.2) is 6.36 Å². The van der Waals surface area contributed by atoms with Gasteiger partial charge < -0.3 is 4.74 Å². The van der Waals surface area contributed by atoms with Gasteiger partial charge in [0.15, 0.2) is 11.6 Å². The third-order valence-corrected chi connectivity index (χ3v) is 6.62. The minimum absolute atomic E-state index is 0.0422. The van der Waals surface area contributed by atoms with E-state index in [0.29, 0.717) is 11.5 Å². The Bertz CT molecular complexity index is 1070. The number of unbranched alkanes of at least 4 members (excludes halogenated alkanes) is 3. The molecule has 3 aromatic rings. The predicted molar refractivity (Wildman–Crippen MR) is 119 cm³/mol. The lowest BCUT2D eigenvalue weighted by atomic mass is 9.69. The van der Waals surface area contributed by atoms with Gasteiger partial charge in [-0.05, 0) is 64.8 Å². The van der Waals surface area contributed by atoms with Crippen molar-refractivity contribution in [2.75, 3.05) is 0 Å². The summed E-state index contributed by atoms with van der Waals surface area (Å²) in [5.41, 5.74) is 3.15. The van der Waals surface area contributed by atoms with Gasteiger partial charge in [-0.25, -0.2) is 4.39 Å². The maximum Gasteiger partial charge on any atom is 0.573 e. The molecule has 3 aromatic carbocycles. The van der Waals surface area contributed by atoms with Crippen LogP contribution < -0.4 is 4.74 Å². The first-order valence-corrected chi connectivity index (χ1v) is 11.4. The van der Waals surface area contributed by atoms with Crippen molar-refractivity contribution in [3.8, 4) is 5.75 Å². The number of alkyl halides is 3. The number of ether oxygens (including phenoxy) is 1. The van der Waals surface area contributed by atoms with E-state index in [1.54, 1.807) is 6.07 Å². The summed E-state index contributed by atoms with van der Waals surface area (Å²) in [7, 11) is 0. The van der Waals surface area contributed by atoms with E-state index in [-0.39, 0.29) is 5.92 Å². The van der Waals surface area contributed by atoms with Crippen LogP contribution in [-0.2, 0) is 6.42 Å². The molecule has 5 heteroatoms. The molecule has 170 valence electrons. The lowest BCUT2D eigenvalue weighted by Crippen LogP contribution is -2.23. The van der Waals surface area contributed by atoms with Gasteiger partial charge in [-0.3, -0.25) is 0 Å². The molecule has 1 aliphatic carbocycles. The molecule has 0 amide bonds. The summed E-state index contributed by atoms with van der Waals surface area (Å²) in [5.74, 6) is -1.47. The largest absolute Gasteiger partial charge is 0.573 e. The minimum atomic E-state index is -4.92. The van der Waals surface area contributed by atoms with Crippen molar-refractivity contribution < 1.29 is 22.3 Å². The van der Waals surface area contributed by atoms with Crippen molar-refractivity contribution in [3.05, 3.63) is 77.1 Å². The van der Waals surface area contributed by atoms with Crippen molar-refractivity contribution >= 4 is 10.8 Å². The quantitative estimate of drug-likeness (QED) is 0.262. The number of fused-ring (bicyclic) bond motifs is 3. The van der Waals surface area contributed by atoms with E-state index >= 15 is 0 Å². The van der Waals surface area contributed by atoms with E-state index in [2.05, 4.69) is 35.9 Å². The van der Waals surface area contributed by atoms with Gasteiger partial charge in [-0.2, -0.15) is 0 Å². The van der Waals surface area contributed by atoms with Crippen LogP contribution in [0.2, 0.25) is 0 Å². The maximum absolute atomic E-state index is 14.6. The Morgan fingerprint density at radius 1 is 0.969 bits per heavy atom. The first-order valence-electron chi connectivity index (χ1n) is 11.4. The van der Waals surface area contributed by atoms with Crippen molar-refractivity contribution in [1.29, 1.82) is 0 Å². The Balaban J connectivity index is 1.73. The predicted octanol–water partition coefficient (Wildman–Crippen LogP) is 8.54. The van der Waals surface area contributed by atoms with E-state index in [1.807, 2.05) is 12.1 Å². The van der Waals surface area contributed by atoms with Crippen LogP contribution in [0.5, 0.6) is 5.75 Å². The molecule has 0 N–H and O–H groups in total. The smallest absolute Gasteiger partial charge is 0.403 e. The third kappa shape index (κ3) is 4.92. The summed E-state index contributed by atoms with van der Waals surface area (Å²) in [4.78, 5) is 0. The van der Waals surface area contributed by atoms with Gasteiger partial charge in [-0.15, -0.1) is 13.2 Å². The normalized spacial score (nSPS) is 18.5. The molecule has 2 atom stereocenters. The highest BCUT2D eigenvalue weighted by atomic mass is 19.4. The second-order valence-electron chi connectivity index (χ2n) is 8.72. The van der Waals surface area contributed by atoms with Crippen LogP contribution in [0.25, 0.3) is 10.8 Å². The summed E-state index contributed by atoms with van der Waals surface area (Å²) < 4.78 is 56.3. The maximum atomic E-state index is 14.6. The lowest BCUT2D eigenvalue weighted by Gasteiger charge is -2.35. The van der Waals surface area contributed by atoms with Gasteiger partial charge in [0, 0.05) is 5.92 Å². The molecule has 0 spiro atoms. The molecule has 0 aliphatic heterocycles. The minimum Gasteiger partial charge on any atom is -0.403 e. The monoisotopic (exact) mass is 444 g/mol. The zero-order valence-electron chi connectivity index (χ0n) is 18.2. The van der Waals surface area contributed by atoms with Crippen LogP contribution in [0.4, 0.5) is 17.6 Å². The lowest BCUT2D eigenvalue weighted by molar-refractivity contribution is -0.275. The van der Waals surface area contributed by atoms with E-state index in [0.717, 1.165) is 44.6 Å². The zero-order valence-corrected chi connectivity index (χ0v) is 18.2. The van der Waals surface area contributed by atoms with Crippen LogP contribution in [0.15, 0.2) is 54.6 Å². The number of hydrogen-bond donors (Lipinski definition) is 0. The molecule has 4 rings (SSSR count). The second kappa shape index (κ2) is 9.51. The van der Waals surface area contributed by atoms with Crippen LogP contribution in [0.1, 0.15) is 68.1 Å². The number of aryl methyl sites for hydroxylation is 1. The average molecular weight is 445 g/mol. The Morgan fingerprint density at radius 3 is 2.53 bits per heavy atom. The Labute approximate surface area is 186 Å². The van der Waals surface area contributed by atoms with E-state index < -0.39 is 17.9 Å². The molecule has 0 bridgehead atoms. The van der Waals surface area contributed by atoms with Crippen LogP contribution in [0, 0.1) is 11.7 Å². The summed E-state index contributed by atoms with van der Waals surface area (Å²) in [6, 6.07) is 16.4. The van der Waals surface area contributed by atoms with E-state index in [9.17, 15) is 17.6 Å². The van der Waals surface area contributed by atoms with E-state index in [1.165, 1.54) is 34.4 Å². The van der Waals surface area contributed by atoms with Gasteiger partial charge in [0.05, 0.1) is 0 Å². The average Bonchev–Trinajstić information content (AvgIpc) is 2.77. The first kappa shape index (κ1) is 22.6. The molecule has 1 nitrogen and oxygen atoms in total. The van der Waals surface area contributed by atoms with E-state index in [4.69, 9.17) is 0 Å². The second-order valence-corrected chi connectivity index (χ2v) is 8.72. The third-order valence-electron chi connectivity index (χ3n) is 6.62. The summed E-state index contributed by atoms with van der Waals surface area (Å²) >= 11 is 0. The Kier molecular flexibility index (Phi) is 6.73. The molecule has 0 unspecified atom stereocenters. The summed E-state index contributed by atoms with van der Waals surface area (Å²) in [6.45, 7) is 2.18. The molecule has 0 radical (unpaired) electrons. The van der Waals surface area contributed by atoms with Crippen molar-refractivity contribution in [1.82, 2.24) is 0 Å². The van der Waals surface area contributed by atoms with Gasteiger partial charge in [0.2, 0.25) is 0 Å². The van der Waals surface area contributed by atoms with Crippen molar-refractivity contribution in [3.63, 3.8) is 0 Å². The molecular formula is C27H28F4O. The molecule has 0 saturated heterocycles. The molecular weight excluding hydrogens is 416 g/mol. The number of benzene rings is 3. The first-order chi connectivity index (χ1) is 15.4. The standard InChI is InChI=1S/C27H28F4O/c1-2-3-4-5-9-19-12-14-22-21-10-7-6-8-18(21)11-15-23(22)26(19)20-13-16-25(24(28)17-20)32-27(29,30)31/h6-8,10-11,13,15-17,19,26H,2-5,9,12,14H2,1H3/t19-,26-/m1/s1. The topological polar surface area (TPSA) is 9.23 Å². The fourth-order valence-corrected chi connectivity index (χ4v) is 5.19. The summed E-state index contributed by atoms with van der Waals surface area (Å²) in [6.07, 6.45) is 2.68. The molecule has 32 heavy (non-hydrogen) atoms. The molecule has 0 heterocycles. The number of rotatable bonds is 7. The van der Waals surface area contributed by atoms with Gasteiger partial charge >= 0.3 is 6.36 Å². The number of hydrogen-bond acceptors (Lipinski definition) is 1. The Hall–Kier alpha value is -2.56. The highest BCUT2D eigenvalue weighted by Crippen LogP contribution is 2.46. The van der Waals surface area contributed by atoms with Gasteiger partial charge in [0.25, 0.3) is 0 Å². The van der Waals surface area contributed by atoms with Gasteiger partial charge in [0.1, 0.15) is 0 Å². The fraction of sp³-hybridized carbons (Fsp3) is 0.407. The molecule has 0 aromatic heterocycles. The molecule has 0 fully saturated rings. The van der Waals surface area contributed by atoms with Crippen LogP contribution >= 0.6 is 0 Å². The Morgan fingerprint density at radius 2 is 1.78 bits per heavy atom. The number of halogens is 4. The highest BCUT2D eigenvalue weighted by molar-refractivity contribution is 5.87. The van der Waals surface area contributed by atoms with Crippen molar-refractivity contribution in [2.24, 2.45) is 5.92 Å². The highest BCUT2D eigenvalue weighted by Gasteiger charge is 2.34. The van der Waals surface area contributed by atoms with Crippen LogP contribution in [0.3, 0.4) is 0 Å². The summed E-state index contributed by atoms with van der Waals surface area (Å²) in [5, 5.41) is 2.38. The zero-order chi connectivity index (χ0) is 22.7. The molecule has 0 saturated carbocycles. The molecule has 1 aliphatic rings. The van der Waals surface area contributed by atoms with Crippen molar-refractivity contribution in [2.45, 2.75) is 64.1 Å². The SMILES string of the molecule is CCCCCC[C@@H]1CCc2c(ccc3ccccc23)[C@H]1c1ccc(OC(F)(F)F)c(F)c1.